The molecular formula is C8H17N3O. The molecule has 0 amide bonds. The van der Waals surface area contributed by atoms with Gasteiger partial charge in [0.2, 0.25) is 0 Å². The lowest BCUT2D eigenvalue weighted by Crippen LogP contribution is -2.25. The minimum Gasteiger partial charge on any atom is -0.409 e. The zero-order chi connectivity index (χ0) is 9.40. The van der Waals surface area contributed by atoms with Gasteiger partial charge in [0.1, 0.15) is 5.84 Å². The molecule has 4 nitrogen and oxygen atoms in total. The van der Waals surface area contributed by atoms with Crippen LogP contribution in [0.2, 0.25) is 0 Å². The summed E-state index contributed by atoms with van der Waals surface area (Å²) in [4.78, 5) is 0. The summed E-state index contributed by atoms with van der Waals surface area (Å²) < 4.78 is 0. The van der Waals surface area contributed by atoms with Gasteiger partial charge in [0.25, 0.3) is 0 Å². The smallest absolute Gasteiger partial charge is 0.139 e. The predicted octanol–water partition coefficient (Wildman–Crippen LogP) is 0.677. The summed E-state index contributed by atoms with van der Waals surface area (Å²) in [5, 5.41) is 14.3. The van der Waals surface area contributed by atoms with Gasteiger partial charge in [0.15, 0.2) is 0 Å². The Morgan fingerprint density at radius 2 is 2.50 bits per heavy atom. The Bertz CT molecular complexity index is 156. The van der Waals surface area contributed by atoms with E-state index in [9.17, 15) is 0 Å². The van der Waals surface area contributed by atoms with Gasteiger partial charge in [-0.2, -0.15) is 0 Å². The number of rotatable bonds is 6. The lowest BCUT2D eigenvalue weighted by atomic mass is 10.2. The highest BCUT2D eigenvalue weighted by molar-refractivity contribution is 5.79. The second kappa shape index (κ2) is 6.67. The van der Waals surface area contributed by atoms with Crippen molar-refractivity contribution in [2.75, 3.05) is 6.54 Å². The first kappa shape index (κ1) is 11.0. The van der Waals surface area contributed by atoms with Crippen LogP contribution in [0.15, 0.2) is 17.8 Å². The molecule has 0 saturated heterocycles. The summed E-state index contributed by atoms with van der Waals surface area (Å²) in [6.45, 7) is 6.51. The Hall–Kier alpha value is -1.03. The molecule has 0 bridgehead atoms. The summed E-state index contributed by atoms with van der Waals surface area (Å²) in [6.07, 6.45) is 3.32. The number of nitrogens with zero attached hydrogens (tertiary/aromatic N) is 1. The lowest BCUT2D eigenvalue weighted by molar-refractivity contribution is 0.316. The monoisotopic (exact) mass is 171 g/mol. The molecule has 12 heavy (non-hydrogen) atoms. The van der Waals surface area contributed by atoms with Gasteiger partial charge in [0, 0.05) is 12.5 Å². The summed E-state index contributed by atoms with van der Waals surface area (Å²) in [7, 11) is 0. The largest absolute Gasteiger partial charge is 0.409 e. The van der Waals surface area contributed by atoms with Crippen LogP contribution in [0.5, 0.6) is 0 Å². The highest BCUT2D eigenvalue weighted by Gasteiger charge is 1.95. The Morgan fingerprint density at radius 3 is 3.00 bits per heavy atom. The van der Waals surface area contributed by atoms with Crippen molar-refractivity contribution in [3.8, 4) is 0 Å². The van der Waals surface area contributed by atoms with Gasteiger partial charge in [-0.1, -0.05) is 11.2 Å². The first-order chi connectivity index (χ1) is 5.70. The molecule has 0 fully saturated rings. The molecule has 0 aromatic carbocycles. The average molecular weight is 171 g/mol. The molecule has 0 aromatic rings. The molecule has 0 saturated carbocycles. The van der Waals surface area contributed by atoms with Crippen LogP contribution < -0.4 is 11.1 Å². The van der Waals surface area contributed by atoms with Crippen molar-refractivity contribution < 1.29 is 5.21 Å². The molecule has 4 N–H and O–H groups in total. The Labute approximate surface area is 73.1 Å². The number of hydrogen-bond acceptors (Lipinski definition) is 3. The molecule has 1 unspecified atom stereocenters. The number of amidine groups is 1. The van der Waals surface area contributed by atoms with Crippen LogP contribution in [0.4, 0.5) is 0 Å². The van der Waals surface area contributed by atoms with Crippen molar-refractivity contribution >= 4 is 5.84 Å². The molecule has 0 spiro atoms. The fraction of sp³-hybridized carbons (Fsp3) is 0.625. The van der Waals surface area contributed by atoms with Crippen molar-refractivity contribution in [1.29, 1.82) is 0 Å². The van der Waals surface area contributed by atoms with Gasteiger partial charge in [-0.15, -0.1) is 6.58 Å². The topological polar surface area (TPSA) is 70.6 Å². The molecule has 0 aliphatic rings. The third-order valence-corrected chi connectivity index (χ3v) is 1.56. The van der Waals surface area contributed by atoms with Crippen molar-refractivity contribution in [2.45, 2.75) is 25.8 Å². The van der Waals surface area contributed by atoms with Crippen LogP contribution in [-0.4, -0.2) is 23.6 Å². The number of hydrogen-bond donors (Lipinski definition) is 3. The average Bonchev–Trinajstić information content (AvgIpc) is 2.11. The first-order valence-electron chi connectivity index (χ1n) is 4.03. The van der Waals surface area contributed by atoms with Crippen LogP contribution in [0.25, 0.3) is 0 Å². The van der Waals surface area contributed by atoms with Gasteiger partial charge in [-0.25, -0.2) is 0 Å². The molecule has 0 heterocycles. The normalized spacial score (nSPS) is 14.2. The summed E-state index contributed by atoms with van der Waals surface area (Å²) in [6, 6.07) is 0.317. The van der Waals surface area contributed by atoms with E-state index in [0.29, 0.717) is 12.5 Å². The minimum atomic E-state index is 0.281. The van der Waals surface area contributed by atoms with Crippen molar-refractivity contribution in [3.63, 3.8) is 0 Å². The van der Waals surface area contributed by atoms with Gasteiger partial charge < -0.3 is 16.3 Å². The molecule has 0 rings (SSSR count). The number of nitrogens with two attached hydrogens (primary N) is 1. The Kier molecular flexibility index (Phi) is 6.09. The van der Waals surface area contributed by atoms with Gasteiger partial charge >= 0.3 is 0 Å². The van der Waals surface area contributed by atoms with E-state index in [0.717, 1.165) is 13.0 Å². The summed E-state index contributed by atoms with van der Waals surface area (Å²) in [5.74, 6) is 0.281. The van der Waals surface area contributed by atoms with E-state index in [1.807, 2.05) is 13.0 Å². The molecule has 0 aliphatic carbocycles. The van der Waals surface area contributed by atoms with Gasteiger partial charge in [-0.05, 0) is 19.9 Å². The molecule has 4 heteroatoms. The molecule has 70 valence electrons. The molecule has 0 aromatic heterocycles. The molecular weight excluding hydrogens is 154 g/mol. The molecule has 1 atom stereocenters. The minimum absolute atomic E-state index is 0.281. The number of nitrogens with one attached hydrogen (secondary N) is 1. The maximum atomic E-state index is 8.22. The molecule has 0 radical (unpaired) electrons. The summed E-state index contributed by atoms with van der Waals surface area (Å²) in [5.41, 5.74) is 5.27. The predicted molar refractivity (Wildman–Crippen MR) is 50.3 cm³/mol. The van der Waals surface area contributed by atoms with Crippen LogP contribution >= 0.6 is 0 Å². The van der Waals surface area contributed by atoms with E-state index in [4.69, 9.17) is 10.9 Å². The lowest BCUT2D eigenvalue weighted by Gasteiger charge is -2.07. The van der Waals surface area contributed by atoms with Crippen molar-refractivity contribution in [1.82, 2.24) is 5.32 Å². The quantitative estimate of drug-likeness (QED) is 0.137. The first-order valence-corrected chi connectivity index (χ1v) is 4.03. The van der Waals surface area contributed by atoms with Crippen molar-refractivity contribution in [2.24, 2.45) is 10.9 Å². The van der Waals surface area contributed by atoms with Gasteiger partial charge in [0.05, 0.1) is 0 Å². The zero-order valence-electron chi connectivity index (χ0n) is 7.45. The Balaban J connectivity index is 3.27. The SMILES string of the molecule is C=CC(C)NCCC/C(N)=N/O. The fourth-order valence-electron chi connectivity index (χ4n) is 0.733. The van der Waals surface area contributed by atoms with Crippen LogP contribution in [0.3, 0.4) is 0 Å². The standard InChI is InChI=1S/C8H17N3O/c1-3-7(2)10-6-4-5-8(9)11-12/h3,7,10,12H,1,4-6H2,2H3,(H2,9,11). The fourth-order valence-corrected chi connectivity index (χ4v) is 0.733. The van der Waals surface area contributed by atoms with E-state index in [1.165, 1.54) is 0 Å². The third-order valence-electron chi connectivity index (χ3n) is 1.56. The maximum absolute atomic E-state index is 8.22. The second-order valence-electron chi connectivity index (χ2n) is 2.67. The van der Waals surface area contributed by atoms with E-state index < -0.39 is 0 Å². The third kappa shape index (κ3) is 5.73. The summed E-state index contributed by atoms with van der Waals surface area (Å²) >= 11 is 0. The zero-order valence-corrected chi connectivity index (χ0v) is 7.45. The van der Waals surface area contributed by atoms with Crippen molar-refractivity contribution in [3.05, 3.63) is 12.7 Å². The van der Waals surface area contributed by atoms with E-state index in [2.05, 4.69) is 17.1 Å². The number of oxime groups is 1. The van der Waals surface area contributed by atoms with E-state index in [1.54, 1.807) is 0 Å². The molecule has 0 aliphatic heterocycles. The highest BCUT2D eigenvalue weighted by atomic mass is 16.4. The Morgan fingerprint density at radius 1 is 1.83 bits per heavy atom. The van der Waals surface area contributed by atoms with Crippen LogP contribution in [-0.2, 0) is 0 Å². The van der Waals surface area contributed by atoms with Crippen LogP contribution in [0, 0.1) is 0 Å². The second-order valence-corrected chi connectivity index (χ2v) is 2.67. The van der Waals surface area contributed by atoms with Crippen LogP contribution in [0.1, 0.15) is 19.8 Å². The van der Waals surface area contributed by atoms with Gasteiger partial charge in [-0.3, -0.25) is 0 Å². The maximum Gasteiger partial charge on any atom is 0.139 e. The van der Waals surface area contributed by atoms with E-state index in [-0.39, 0.29) is 5.84 Å². The highest BCUT2D eigenvalue weighted by Crippen LogP contribution is 1.88. The van der Waals surface area contributed by atoms with E-state index >= 15 is 0 Å².